The summed E-state index contributed by atoms with van der Waals surface area (Å²) in [5.41, 5.74) is 8.69. The lowest BCUT2D eigenvalue weighted by Crippen LogP contribution is -2.68. The Morgan fingerprint density at radius 2 is 1.24 bits per heavy atom. The van der Waals surface area contributed by atoms with E-state index in [-0.39, 0.29) is 0 Å². The smallest absolute Gasteiger partial charge is 0.0620 e. The third-order valence-corrected chi connectivity index (χ3v) is 7.48. The molecule has 37 heavy (non-hydrogen) atoms. The van der Waals surface area contributed by atoms with E-state index in [1.165, 1.54) is 55.1 Å². The first-order valence-electron chi connectivity index (χ1n) is 13.1. The molecule has 0 aliphatic rings. The number of rotatable bonds is 4. The number of aromatic nitrogens is 2. The van der Waals surface area contributed by atoms with Gasteiger partial charge in [0.05, 0.1) is 20.5 Å². The SMILES string of the molecule is Cc1ccccc1-c1cccc[n+]1-[n+]1ccc(C(C)C)cc1-c1cc2ccc3ccccc3c2cc1C. The Balaban J connectivity index is 1.63. The summed E-state index contributed by atoms with van der Waals surface area (Å²) in [7, 11) is 0. The Kier molecular flexibility index (Phi) is 5.81. The number of hydrogen-bond donors (Lipinski definition) is 0. The second-order valence-corrected chi connectivity index (χ2v) is 10.3. The maximum atomic E-state index is 2.37. The molecule has 4 aromatic carbocycles. The highest BCUT2D eigenvalue weighted by atomic mass is 15.4. The fraction of sp³-hybridized carbons (Fsp3) is 0.143. The number of nitrogens with zero attached hydrogens (tertiary/aromatic N) is 2. The van der Waals surface area contributed by atoms with Gasteiger partial charge in [-0.25, -0.2) is 0 Å². The Morgan fingerprint density at radius 1 is 0.514 bits per heavy atom. The number of pyridine rings is 2. The normalized spacial score (nSPS) is 11.5. The summed E-state index contributed by atoms with van der Waals surface area (Å²) < 4.78 is 4.56. The molecule has 6 rings (SSSR count). The molecule has 6 aromatic rings. The maximum Gasteiger partial charge on any atom is 0.284 e. The average Bonchev–Trinajstić information content (AvgIpc) is 2.93. The first-order valence-corrected chi connectivity index (χ1v) is 13.1. The van der Waals surface area contributed by atoms with Crippen LogP contribution in [-0.2, 0) is 0 Å². The van der Waals surface area contributed by atoms with Crippen molar-refractivity contribution >= 4 is 21.5 Å². The molecule has 0 atom stereocenters. The number of benzene rings is 4. The molecular formula is C35H32N2+2. The van der Waals surface area contributed by atoms with E-state index >= 15 is 0 Å². The molecule has 0 spiro atoms. The number of fused-ring (bicyclic) bond motifs is 3. The van der Waals surface area contributed by atoms with Gasteiger partial charge in [-0.3, -0.25) is 0 Å². The van der Waals surface area contributed by atoms with Gasteiger partial charge in [-0.2, -0.15) is 0 Å². The third kappa shape index (κ3) is 4.09. The molecular weight excluding hydrogens is 448 g/mol. The first kappa shape index (κ1) is 23.1. The van der Waals surface area contributed by atoms with Crippen molar-refractivity contribution in [3.8, 4) is 22.5 Å². The van der Waals surface area contributed by atoms with Crippen molar-refractivity contribution < 1.29 is 9.35 Å². The van der Waals surface area contributed by atoms with Crippen LogP contribution in [0.1, 0.15) is 36.5 Å². The van der Waals surface area contributed by atoms with E-state index in [1.54, 1.807) is 0 Å². The predicted molar refractivity (Wildman–Crippen MR) is 154 cm³/mol. The van der Waals surface area contributed by atoms with Crippen molar-refractivity contribution in [1.82, 2.24) is 0 Å². The molecule has 0 N–H and O–H groups in total. The second kappa shape index (κ2) is 9.29. The first-order chi connectivity index (χ1) is 18.0. The Hall–Kier alpha value is -4.30. The van der Waals surface area contributed by atoms with Gasteiger partial charge in [0.2, 0.25) is 12.4 Å². The lowest BCUT2D eigenvalue weighted by atomic mass is 9.94. The molecule has 2 heterocycles. The van der Waals surface area contributed by atoms with Gasteiger partial charge < -0.3 is 0 Å². The fourth-order valence-corrected chi connectivity index (χ4v) is 5.39. The number of hydrogen-bond acceptors (Lipinski definition) is 0. The topological polar surface area (TPSA) is 7.76 Å². The molecule has 2 aromatic heterocycles. The van der Waals surface area contributed by atoms with Crippen LogP contribution in [0.4, 0.5) is 0 Å². The van der Waals surface area contributed by atoms with Crippen molar-refractivity contribution in [3.63, 3.8) is 0 Å². The summed E-state index contributed by atoms with van der Waals surface area (Å²) in [5, 5.41) is 5.15. The fourth-order valence-electron chi connectivity index (χ4n) is 5.39. The van der Waals surface area contributed by atoms with Crippen molar-refractivity contribution in [3.05, 3.63) is 132 Å². The zero-order chi connectivity index (χ0) is 25.5. The van der Waals surface area contributed by atoms with Gasteiger partial charge >= 0.3 is 0 Å². The van der Waals surface area contributed by atoms with Gasteiger partial charge in [0, 0.05) is 24.3 Å². The van der Waals surface area contributed by atoms with Crippen LogP contribution < -0.4 is 9.35 Å². The Labute approximate surface area is 219 Å². The Bertz CT molecular complexity index is 1780. The molecule has 2 nitrogen and oxygen atoms in total. The van der Waals surface area contributed by atoms with Gasteiger partial charge in [-0.15, -0.1) is 0 Å². The van der Waals surface area contributed by atoms with Gasteiger partial charge in [0.1, 0.15) is 0 Å². The van der Waals surface area contributed by atoms with Crippen molar-refractivity contribution in [1.29, 1.82) is 0 Å². The van der Waals surface area contributed by atoms with Crippen molar-refractivity contribution in [2.24, 2.45) is 0 Å². The molecule has 0 saturated heterocycles. The summed E-state index contributed by atoms with van der Waals surface area (Å²) in [6.45, 7) is 8.94. The van der Waals surface area contributed by atoms with E-state index in [4.69, 9.17) is 0 Å². The molecule has 0 saturated carbocycles. The molecule has 180 valence electrons. The van der Waals surface area contributed by atoms with Crippen LogP contribution in [0.5, 0.6) is 0 Å². The lowest BCUT2D eigenvalue weighted by Gasteiger charge is -2.11. The van der Waals surface area contributed by atoms with E-state index in [2.05, 4.69) is 153 Å². The van der Waals surface area contributed by atoms with E-state index < -0.39 is 0 Å². The minimum Gasteiger partial charge on any atom is -0.0620 e. The zero-order valence-electron chi connectivity index (χ0n) is 21.9. The monoisotopic (exact) mass is 480 g/mol. The van der Waals surface area contributed by atoms with Crippen LogP contribution in [0.15, 0.2) is 116 Å². The summed E-state index contributed by atoms with van der Waals surface area (Å²) in [4.78, 5) is 0. The van der Waals surface area contributed by atoms with Crippen LogP contribution in [0.3, 0.4) is 0 Å². The highest BCUT2D eigenvalue weighted by Gasteiger charge is 2.29. The molecule has 0 radical (unpaired) electrons. The minimum absolute atomic E-state index is 0.440. The second-order valence-electron chi connectivity index (χ2n) is 10.3. The molecule has 2 heteroatoms. The zero-order valence-corrected chi connectivity index (χ0v) is 21.9. The minimum atomic E-state index is 0.440. The molecule has 0 aliphatic carbocycles. The standard InChI is InChI=1S/C35H32N2/c1-24(2)28-18-20-37(36-19-10-9-15-34(36)30-13-7-5-11-25(30)3)35(23-28)32-22-29-17-16-27-12-6-8-14-31(27)33(29)21-26(32)4/h5-24H,1-4H3/q+2. The van der Waals surface area contributed by atoms with Gasteiger partial charge in [0.25, 0.3) is 11.4 Å². The largest absolute Gasteiger partial charge is 0.284 e. The Morgan fingerprint density at radius 3 is 2.08 bits per heavy atom. The molecule has 0 fully saturated rings. The van der Waals surface area contributed by atoms with Crippen LogP contribution >= 0.6 is 0 Å². The van der Waals surface area contributed by atoms with Crippen molar-refractivity contribution in [2.45, 2.75) is 33.6 Å². The third-order valence-electron chi connectivity index (χ3n) is 7.48. The van der Waals surface area contributed by atoms with Crippen LogP contribution in [0.2, 0.25) is 0 Å². The summed E-state index contributed by atoms with van der Waals surface area (Å²) in [6.07, 6.45) is 4.38. The summed E-state index contributed by atoms with van der Waals surface area (Å²) in [6, 6.07) is 37.5. The molecule has 0 unspecified atom stereocenters. The van der Waals surface area contributed by atoms with Crippen LogP contribution in [-0.4, -0.2) is 0 Å². The van der Waals surface area contributed by atoms with Gasteiger partial charge in [-0.1, -0.05) is 68.4 Å². The highest BCUT2D eigenvalue weighted by Crippen LogP contribution is 2.32. The van der Waals surface area contributed by atoms with Crippen LogP contribution in [0.25, 0.3) is 44.1 Å². The number of aryl methyl sites for hydroxylation is 2. The lowest BCUT2D eigenvalue weighted by molar-refractivity contribution is -1.29. The summed E-state index contributed by atoms with van der Waals surface area (Å²) >= 11 is 0. The van der Waals surface area contributed by atoms with E-state index in [9.17, 15) is 0 Å². The van der Waals surface area contributed by atoms with Crippen molar-refractivity contribution in [2.75, 3.05) is 0 Å². The molecule has 0 aliphatic heterocycles. The highest BCUT2D eigenvalue weighted by molar-refractivity contribution is 6.08. The maximum absolute atomic E-state index is 2.37. The molecule has 0 bridgehead atoms. The van der Waals surface area contributed by atoms with Gasteiger partial charge in [-0.05, 0) is 82.3 Å². The quantitative estimate of drug-likeness (QED) is 0.179. The van der Waals surface area contributed by atoms with E-state index in [0.717, 1.165) is 5.69 Å². The predicted octanol–water partition coefficient (Wildman–Crippen LogP) is 7.95. The van der Waals surface area contributed by atoms with E-state index in [0.29, 0.717) is 5.92 Å². The van der Waals surface area contributed by atoms with Gasteiger partial charge in [0.15, 0.2) is 0 Å². The molecule has 0 amide bonds. The average molecular weight is 481 g/mol. The van der Waals surface area contributed by atoms with E-state index in [1.807, 2.05) is 0 Å². The summed E-state index contributed by atoms with van der Waals surface area (Å²) in [5.74, 6) is 0.440. The van der Waals surface area contributed by atoms with Crippen LogP contribution in [0, 0.1) is 13.8 Å².